The molecule has 3 aromatic rings. The lowest BCUT2D eigenvalue weighted by molar-refractivity contribution is 0.0938. The van der Waals surface area contributed by atoms with Gasteiger partial charge in [0.25, 0.3) is 5.91 Å². The van der Waals surface area contributed by atoms with Crippen molar-refractivity contribution in [2.24, 2.45) is 0 Å². The molecule has 0 unspecified atom stereocenters. The van der Waals surface area contributed by atoms with Crippen molar-refractivity contribution in [1.29, 1.82) is 0 Å². The number of aromatic nitrogens is 2. The molecule has 1 aromatic heterocycles. The third kappa shape index (κ3) is 4.57. The minimum Gasteiger partial charge on any atom is -0.455 e. The second-order valence-corrected chi connectivity index (χ2v) is 5.95. The fourth-order valence-electron chi connectivity index (χ4n) is 2.30. The molecular weight excluding hydrogens is 328 g/mol. The molecule has 1 amide bonds. The molecule has 26 heavy (non-hydrogen) atoms. The van der Waals surface area contributed by atoms with Crippen LogP contribution in [0, 0.1) is 0 Å². The van der Waals surface area contributed by atoms with Crippen LogP contribution in [-0.4, -0.2) is 21.9 Å². The molecule has 0 saturated heterocycles. The maximum absolute atomic E-state index is 12.1. The van der Waals surface area contributed by atoms with Crippen molar-refractivity contribution in [2.75, 3.05) is 5.32 Å². The number of hydrogen-bond acceptors (Lipinski definition) is 5. The Hall–Kier alpha value is -3.41. The van der Waals surface area contributed by atoms with Gasteiger partial charge in [-0.15, -0.1) is 0 Å². The smallest absolute Gasteiger partial charge is 0.270 e. The first-order chi connectivity index (χ1) is 12.6. The van der Waals surface area contributed by atoms with E-state index < -0.39 is 0 Å². The van der Waals surface area contributed by atoms with Gasteiger partial charge in [0.1, 0.15) is 23.6 Å². The topological polar surface area (TPSA) is 76.1 Å². The van der Waals surface area contributed by atoms with E-state index >= 15 is 0 Å². The van der Waals surface area contributed by atoms with E-state index in [-0.39, 0.29) is 11.9 Å². The normalized spacial score (nSPS) is 10.4. The first-order valence-electron chi connectivity index (χ1n) is 8.33. The number of carbonyl (C=O) groups excluding carboxylic acids is 1. The summed E-state index contributed by atoms with van der Waals surface area (Å²) in [6.07, 6.45) is 1.36. The molecule has 0 radical (unpaired) electrons. The van der Waals surface area contributed by atoms with Gasteiger partial charge in [0.2, 0.25) is 0 Å². The highest BCUT2D eigenvalue weighted by molar-refractivity contribution is 5.93. The van der Waals surface area contributed by atoms with E-state index in [1.165, 1.54) is 6.33 Å². The summed E-state index contributed by atoms with van der Waals surface area (Å²) in [5.74, 6) is 1.67. The van der Waals surface area contributed by atoms with Crippen LogP contribution in [0.15, 0.2) is 67.0 Å². The summed E-state index contributed by atoms with van der Waals surface area (Å²) in [4.78, 5) is 20.3. The lowest BCUT2D eigenvalue weighted by Gasteiger charge is -2.13. The average Bonchev–Trinajstić information content (AvgIpc) is 2.64. The van der Waals surface area contributed by atoms with Gasteiger partial charge in [0.15, 0.2) is 5.75 Å². The molecule has 0 spiro atoms. The number of carbonyl (C=O) groups is 1. The highest BCUT2D eigenvalue weighted by atomic mass is 16.5. The van der Waals surface area contributed by atoms with E-state index in [4.69, 9.17) is 4.74 Å². The summed E-state index contributed by atoms with van der Waals surface area (Å²) in [6.45, 7) is 3.80. The first-order valence-corrected chi connectivity index (χ1v) is 8.33. The van der Waals surface area contributed by atoms with Gasteiger partial charge < -0.3 is 15.4 Å². The Morgan fingerprint density at radius 3 is 2.50 bits per heavy atom. The van der Waals surface area contributed by atoms with E-state index in [0.717, 1.165) is 11.4 Å². The van der Waals surface area contributed by atoms with E-state index in [0.29, 0.717) is 17.3 Å². The van der Waals surface area contributed by atoms with Crippen LogP contribution in [0.2, 0.25) is 0 Å². The molecule has 0 aliphatic rings. The highest BCUT2D eigenvalue weighted by Crippen LogP contribution is 2.30. The van der Waals surface area contributed by atoms with Crippen LogP contribution in [-0.2, 0) is 0 Å². The van der Waals surface area contributed by atoms with E-state index in [2.05, 4.69) is 20.6 Å². The van der Waals surface area contributed by atoms with Crippen LogP contribution < -0.4 is 15.4 Å². The summed E-state index contributed by atoms with van der Waals surface area (Å²) in [6, 6.07) is 18.7. The average molecular weight is 348 g/mol. The third-order valence-electron chi connectivity index (χ3n) is 3.44. The largest absolute Gasteiger partial charge is 0.455 e. The number of amides is 1. The Morgan fingerprint density at radius 1 is 1.00 bits per heavy atom. The van der Waals surface area contributed by atoms with Crippen molar-refractivity contribution in [3.8, 4) is 11.5 Å². The standard InChI is InChI=1S/C20H20N4O2/c1-14(2)23-20(25)17-12-19(22-13-21-17)24-16-10-6-7-11-18(16)26-15-8-4-3-5-9-15/h3-14H,1-2H3,(H,23,25)(H,21,22,24). The van der Waals surface area contributed by atoms with Gasteiger partial charge in [-0.05, 0) is 38.1 Å². The Morgan fingerprint density at radius 2 is 1.73 bits per heavy atom. The van der Waals surface area contributed by atoms with Crippen LogP contribution in [0.5, 0.6) is 11.5 Å². The number of ether oxygens (including phenoxy) is 1. The van der Waals surface area contributed by atoms with Gasteiger partial charge in [-0.3, -0.25) is 4.79 Å². The molecular formula is C20H20N4O2. The zero-order valence-corrected chi connectivity index (χ0v) is 14.6. The Kier molecular flexibility index (Phi) is 5.43. The Labute approximate surface area is 152 Å². The SMILES string of the molecule is CC(C)NC(=O)c1cc(Nc2ccccc2Oc2ccccc2)ncn1. The molecule has 3 rings (SSSR count). The van der Waals surface area contributed by atoms with Crippen molar-refractivity contribution in [3.63, 3.8) is 0 Å². The summed E-state index contributed by atoms with van der Waals surface area (Å²) >= 11 is 0. The van der Waals surface area contributed by atoms with Crippen molar-refractivity contribution in [3.05, 3.63) is 72.7 Å². The van der Waals surface area contributed by atoms with E-state index in [9.17, 15) is 4.79 Å². The Bertz CT molecular complexity index is 882. The molecule has 6 heteroatoms. The first kappa shape index (κ1) is 17.4. The number of anilines is 2. The predicted octanol–water partition coefficient (Wildman–Crippen LogP) is 4.15. The fraction of sp³-hybridized carbons (Fsp3) is 0.150. The van der Waals surface area contributed by atoms with Crippen molar-refractivity contribution < 1.29 is 9.53 Å². The molecule has 132 valence electrons. The molecule has 0 saturated carbocycles. The molecule has 1 heterocycles. The quantitative estimate of drug-likeness (QED) is 0.700. The number of nitrogens with one attached hydrogen (secondary N) is 2. The van der Waals surface area contributed by atoms with Gasteiger partial charge in [0.05, 0.1) is 5.69 Å². The van der Waals surface area contributed by atoms with Gasteiger partial charge in [0, 0.05) is 12.1 Å². The van der Waals surface area contributed by atoms with Crippen LogP contribution in [0.4, 0.5) is 11.5 Å². The summed E-state index contributed by atoms with van der Waals surface area (Å²) < 4.78 is 5.93. The van der Waals surface area contributed by atoms with Gasteiger partial charge >= 0.3 is 0 Å². The fourth-order valence-corrected chi connectivity index (χ4v) is 2.30. The van der Waals surface area contributed by atoms with Crippen molar-refractivity contribution in [2.45, 2.75) is 19.9 Å². The molecule has 0 fully saturated rings. The minimum atomic E-state index is -0.237. The summed E-state index contributed by atoms with van der Waals surface area (Å²) in [5.41, 5.74) is 1.04. The minimum absolute atomic E-state index is 0.0360. The molecule has 0 aliphatic carbocycles. The number of rotatable bonds is 6. The molecule has 0 aliphatic heterocycles. The van der Waals surface area contributed by atoms with E-state index in [1.807, 2.05) is 68.4 Å². The van der Waals surface area contributed by atoms with Crippen LogP contribution >= 0.6 is 0 Å². The van der Waals surface area contributed by atoms with E-state index in [1.54, 1.807) is 6.07 Å². The van der Waals surface area contributed by atoms with Gasteiger partial charge in [-0.1, -0.05) is 30.3 Å². The molecule has 6 nitrogen and oxygen atoms in total. The zero-order chi connectivity index (χ0) is 18.4. The van der Waals surface area contributed by atoms with Crippen LogP contribution in [0.3, 0.4) is 0 Å². The predicted molar refractivity (Wildman–Crippen MR) is 101 cm³/mol. The third-order valence-corrected chi connectivity index (χ3v) is 3.44. The van der Waals surface area contributed by atoms with Crippen molar-refractivity contribution in [1.82, 2.24) is 15.3 Å². The summed E-state index contributed by atoms with van der Waals surface area (Å²) in [7, 11) is 0. The second-order valence-electron chi connectivity index (χ2n) is 5.95. The van der Waals surface area contributed by atoms with Gasteiger partial charge in [-0.2, -0.15) is 0 Å². The lowest BCUT2D eigenvalue weighted by Crippen LogP contribution is -2.30. The Balaban J connectivity index is 1.80. The maximum atomic E-state index is 12.1. The lowest BCUT2D eigenvalue weighted by atomic mass is 10.2. The summed E-state index contributed by atoms with van der Waals surface area (Å²) in [5, 5.41) is 6.00. The van der Waals surface area contributed by atoms with Gasteiger partial charge in [-0.25, -0.2) is 9.97 Å². The van der Waals surface area contributed by atoms with Crippen LogP contribution in [0.25, 0.3) is 0 Å². The monoisotopic (exact) mass is 348 g/mol. The molecule has 2 N–H and O–H groups in total. The number of benzene rings is 2. The molecule has 2 aromatic carbocycles. The maximum Gasteiger partial charge on any atom is 0.270 e. The number of nitrogens with zero attached hydrogens (tertiary/aromatic N) is 2. The highest BCUT2D eigenvalue weighted by Gasteiger charge is 2.11. The number of hydrogen-bond donors (Lipinski definition) is 2. The molecule has 0 bridgehead atoms. The second kappa shape index (κ2) is 8.11. The molecule has 0 atom stereocenters. The zero-order valence-electron chi connectivity index (χ0n) is 14.6. The van der Waals surface area contributed by atoms with Crippen molar-refractivity contribution >= 4 is 17.4 Å². The van der Waals surface area contributed by atoms with Crippen LogP contribution in [0.1, 0.15) is 24.3 Å². The number of para-hydroxylation sites is 3.